The van der Waals surface area contributed by atoms with Crippen molar-refractivity contribution in [3.05, 3.63) is 84.4 Å². The van der Waals surface area contributed by atoms with Crippen molar-refractivity contribution in [3.8, 4) is 0 Å². The summed E-state index contributed by atoms with van der Waals surface area (Å²) in [4.78, 5) is 48.7. The number of carbonyl (C=O) groups is 3. The number of likely N-dealkylation sites (tertiary alicyclic amines) is 1. The minimum absolute atomic E-state index is 0.124. The second-order valence-corrected chi connectivity index (χ2v) is 14.2. The number of para-hydroxylation sites is 2. The number of nitrogens with zero attached hydrogens (tertiary/aromatic N) is 3. The van der Waals surface area contributed by atoms with Crippen LogP contribution in [0.25, 0.3) is 0 Å². The average Bonchev–Trinajstić information content (AvgIpc) is 3.61. The lowest BCUT2D eigenvalue weighted by Crippen LogP contribution is -2.59. The van der Waals surface area contributed by atoms with Gasteiger partial charge in [0.1, 0.15) is 11.6 Å². The maximum absolute atomic E-state index is 15.0. The largest absolute Gasteiger partial charge is 0.394 e. The molecule has 1 spiro atoms. The Morgan fingerprint density at radius 1 is 1.11 bits per heavy atom. The van der Waals surface area contributed by atoms with Gasteiger partial charge in [-0.15, -0.1) is 13.2 Å². The molecule has 7 atom stereocenters. The summed E-state index contributed by atoms with van der Waals surface area (Å²) in [7, 11) is 0. The zero-order valence-corrected chi connectivity index (χ0v) is 28.3. The van der Waals surface area contributed by atoms with Crippen molar-refractivity contribution >= 4 is 56.6 Å². The summed E-state index contributed by atoms with van der Waals surface area (Å²) in [5.41, 5.74) is 0.690. The molecule has 5 rings (SSSR count). The maximum Gasteiger partial charge on any atom is 0.253 e. The molecule has 2 bridgehead atoms. The van der Waals surface area contributed by atoms with Crippen molar-refractivity contribution in [2.45, 2.75) is 62.2 Å². The van der Waals surface area contributed by atoms with Crippen LogP contribution < -0.4 is 9.80 Å². The second kappa shape index (κ2) is 13.4. The average molecular weight is 699 g/mol. The Balaban J connectivity index is 1.66. The molecule has 3 fully saturated rings. The molecule has 240 valence electrons. The highest BCUT2D eigenvalue weighted by Crippen LogP contribution is 2.61. The minimum atomic E-state index is -1.30. The van der Waals surface area contributed by atoms with E-state index in [2.05, 4.69) is 29.1 Å². The van der Waals surface area contributed by atoms with Gasteiger partial charge in [-0.1, -0.05) is 83.9 Å². The number of carbonyl (C=O) groups excluding carboxylic acids is 3. The van der Waals surface area contributed by atoms with Gasteiger partial charge >= 0.3 is 0 Å². The SMILES string of the molecule is C=CCN(C(=O)[C@H]1[C@@H]2OC3(CC2Br)C(C(=O)N(CC=C)c2c(C)cccc2Cl)N([C@@H](CO)CC(C)C)C(=O)[C@H]13)c1ccccc1. The molecule has 3 saturated heterocycles. The zero-order chi connectivity index (χ0) is 32.6. The second-order valence-electron chi connectivity index (χ2n) is 12.6. The molecule has 3 amide bonds. The number of ether oxygens (including phenoxy) is 1. The standard InChI is InChI=1S/C35H41BrClN3O5/c1-6-16-38(23-13-9-8-10-14-23)32(42)27-28-33(43)40(24(20-41)18-21(3)4)31(35(28)19-25(36)30(27)45-35)34(44)39(17-7-2)29-22(5)12-11-15-26(29)37/h6-15,21,24-25,27-28,30-31,41H,1-2,16-20H2,3-5H3/t24-,25?,27-,28+,30-,31?,35?/m1/s1. The third-order valence-corrected chi connectivity index (χ3v) is 10.4. The number of anilines is 2. The summed E-state index contributed by atoms with van der Waals surface area (Å²) in [6.07, 6.45) is 3.45. The fourth-order valence-electron chi connectivity index (χ4n) is 7.62. The van der Waals surface area contributed by atoms with Gasteiger partial charge in [0.2, 0.25) is 11.8 Å². The number of rotatable bonds is 12. The highest BCUT2D eigenvalue weighted by Gasteiger charge is 2.77. The molecule has 8 nitrogen and oxygen atoms in total. The van der Waals surface area contributed by atoms with E-state index in [1.807, 2.05) is 63.2 Å². The van der Waals surface area contributed by atoms with E-state index in [1.54, 1.807) is 28.0 Å². The van der Waals surface area contributed by atoms with E-state index < -0.39 is 35.6 Å². The summed E-state index contributed by atoms with van der Waals surface area (Å²) in [5, 5.41) is 11.1. The van der Waals surface area contributed by atoms with Crippen molar-refractivity contribution < 1.29 is 24.2 Å². The first kappa shape index (κ1) is 33.4. The number of amides is 3. The minimum Gasteiger partial charge on any atom is -0.394 e. The third kappa shape index (κ3) is 5.66. The molecule has 2 aromatic rings. The first-order valence-corrected chi connectivity index (χ1v) is 16.7. The number of hydrogen-bond acceptors (Lipinski definition) is 5. The Hall–Kier alpha value is -2.98. The number of alkyl halides is 1. The van der Waals surface area contributed by atoms with Crippen molar-refractivity contribution in [2.75, 3.05) is 29.5 Å². The fourth-order valence-corrected chi connectivity index (χ4v) is 8.88. The van der Waals surface area contributed by atoms with E-state index >= 15 is 4.79 Å². The molecular weight excluding hydrogens is 658 g/mol. The lowest BCUT2D eigenvalue weighted by molar-refractivity contribution is -0.144. The smallest absolute Gasteiger partial charge is 0.253 e. The Bertz CT molecular complexity index is 1450. The summed E-state index contributed by atoms with van der Waals surface area (Å²) in [6.45, 7) is 13.7. The zero-order valence-electron chi connectivity index (χ0n) is 25.9. The van der Waals surface area contributed by atoms with Crippen LogP contribution in [0.4, 0.5) is 11.4 Å². The Morgan fingerprint density at radius 3 is 2.38 bits per heavy atom. The van der Waals surface area contributed by atoms with Gasteiger partial charge in [-0.3, -0.25) is 14.4 Å². The number of hydrogen-bond donors (Lipinski definition) is 1. The predicted octanol–water partition coefficient (Wildman–Crippen LogP) is 5.54. The number of fused-ring (bicyclic) bond motifs is 1. The molecule has 2 aromatic carbocycles. The van der Waals surface area contributed by atoms with Gasteiger partial charge in [0.15, 0.2) is 0 Å². The molecule has 45 heavy (non-hydrogen) atoms. The maximum atomic E-state index is 15.0. The number of aliphatic hydroxyl groups excluding tert-OH is 1. The van der Waals surface area contributed by atoms with Gasteiger partial charge in [-0.2, -0.15) is 0 Å². The lowest BCUT2D eigenvalue weighted by Gasteiger charge is -2.40. The Labute approximate surface area is 278 Å². The Morgan fingerprint density at radius 2 is 1.78 bits per heavy atom. The van der Waals surface area contributed by atoms with Crippen molar-refractivity contribution in [1.82, 2.24) is 4.90 Å². The summed E-state index contributed by atoms with van der Waals surface area (Å²) in [6, 6.07) is 12.9. The van der Waals surface area contributed by atoms with E-state index in [0.29, 0.717) is 29.2 Å². The van der Waals surface area contributed by atoms with Crippen LogP contribution in [-0.4, -0.2) is 76.0 Å². The van der Waals surface area contributed by atoms with Crippen molar-refractivity contribution in [3.63, 3.8) is 0 Å². The molecule has 3 heterocycles. The highest BCUT2D eigenvalue weighted by atomic mass is 79.9. The molecule has 0 aromatic heterocycles. The van der Waals surface area contributed by atoms with Gasteiger partial charge < -0.3 is 24.5 Å². The van der Waals surface area contributed by atoms with Gasteiger partial charge in [-0.05, 0) is 49.4 Å². The van der Waals surface area contributed by atoms with Gasteiger partial charge in [0.05, 0.1) is 41.3 Å². The molecule has 10 heteroatoms. The van der Waals surface area contributed by atoms with Crippen molar-refractivity contribution in [2.24, 2.45) is 17.8 Å². The molecule has 3 unspecified atom stereocenters. The van der Waals surface area contributed by atoms with Gasteiger partial charge in [-0.25, -0.2) is 0 Å². The lowest BCUT2D eigenvalue weighted by atomic mass is 9.70. The molecular formula is C35H41BrClN3O5. The van der Waals surface area contributed by atoms with E-state index in [1.165, 1.54) is 4.90 Å². The molecule has 0 radical (unpaired) electrons. The van der Waals surface area contributed by atoms with Crippen LogP contribution in [0.5, 0.6) is 0 Å². The first-order chi connectivity index (χ1) is 21.5. The van der Waals surface area contributed by atoms with Crippen LogP contribution >= 0.6 is 27.5 Å². The first-order valence-electron chi connectivity index (χ1n) is 15.4. The van der Waals surface area contributed by atoms with Crippen molar-refractivity contribution in [1.29, 1.82) is 0 Å². The number of benzene rings is 2. The van der Waals surface area contributed by atoms with E-state index in [4.69, 9.17) is 16.3 Å². The molecule has 0 saturated carbocycles. The van der Waals surface area contributed by atoms with E-state index in [0.717, 1.165) is 5.56 Å². The van der Waals surface area contributed by atoms with Crippen LogP contribution in [-0.2, 0) is 19.1 Å². The van der Waals surface area contributed by atoms with Crippen LogP contribution in [0.1, 0.15) is 32.3 Å². The predicted molar refractivity (Wildman–Crippen MR) is 181 cm³/mol. The van der Waals surface area contributed by atoms with Crippen LogP contribution in [0, 0.1) is 24.7 Å². The van der Waals surface area contributed by atoms with Gasteiger partial charge in [0, 0.05) is 23.6 Å². The molecule has 0 aliphatic carbocycles. The summed E-state index contributed by atoms with van der Waals surface area (Å²) in [5.74, 6) is -2.66. The number of aryl methyl sites for hydroxylation is 1. The quantitative estimate of drug-likeness (QED) is 0.232. The van der Waals surface area contributed by atoms with Crippen LogP contribution in [0.15, 0.2) is 73.8 Å². The van der Waals surface area contributed by atoms with E-state index in [9.17, 15) is 14.7 Å². The number of aliphatic hydroxyl groups is 1. The normalized spacial score (nSPS) is 27.4. The van der Waals surface area contributed by atoms with Crippen LogP contribution in [0.3, 0.4) is 0 Å². The summed E-state index contributed by atoms with van der Waals surface area (Å²) < 4.78 is 6.78. The van der Waals surface area contributed by atoms with E-state index in [-0.39, 0.29) is 48.2 Å². The molecule has 3 aliphatic heterocycles. The summed E-state index contributed by atoms with van der Waals surface area (Å²) >= 11 is 10.5. The fraction of sp³-hybridized carbons (Fsp3) is 0.457. The Kier molecular flexibility index (Phi) is 9.94. The van der Waals surface area contributed by atoms with Gasteiger partial charge in [0.25, 0.3) is 5.91 Å². The molecule has 1 N–H and O–H groups in total. The third-order valence-electron chi connectivity index (χ3n) is 9.28. The molecule has 3 aliphatic rings. The monoisotopic (exact) mass is 697 g/mol. The topological polar surface area (TPSA) is 90.4 Å². The number of halogens is 2. The van der Waals surface area contributed by atoms with Crippen LogP contribution in [0.2, 0.25) is 5.02 Å². The highest BCUT2D eigenvalue weighted by molar-refractivity contribution is 9.09.